The van der Waals surface area contributed by atoms with Gasteiger partial charge in [0.05, 0.1) is 18.1 Å². The molecular formula is C21H22INO4. The van der Waals surface area contributed by atoms with Gasteiger partial charge in [-0.25, -0.2) is 9.69 Å². The van der Waals surface area contributed by atoms with E-state index in [2.05, 4.69) is 22.6 Å². The second-order valence-electron chi connectivity index (χ2n) is 6.89. The molecule has 2 aromatic carbocycles. The maximum absolute atomic E-state index is 13.0. The molecule has 1 aliphatic heterocycles. The van der Waals surface area contributed by atoms with Gasteiger partial charge in [0.15, 0.2) is 0 Å². The monoisotopic (exact) mass is 479 g/mol. The van der Waals surface area contributed by atoms with E-state index in [1.54, 1.807) is 6.92 Å². The van der Waals surface area contributed by atoms with Crippen molar-refractivity contribution >= 4 is 34.6 Å². The lowest BCUT2D eigenvalue weighted by molar-refractivity contribution is -0.136. The van der Waals surface area contributed by atoms with Gasteiger partial charge in [-0.1, -0.05) is 55.0 Å². The van der Waals surface area contributed by atoms with Gasteiger partial charge in [0, 0.05) is 3.57 Å². The summed E-state index contributed by atoms with van der Waals surface area (Å²) in [6.45, 7) is 3.76. The number of rotatable bonds is 5. The third kappa shape index (κ3) is 4.32. The fraction of sp³-hybridized carbons (Fsp3) is 0.333. The van der Waals surface area contributed by atoms with Crippen LogP contribution >= 0.6 is 22.6 Å². The van der Waals surface area contributed by atoms with Gasteiger partial charge in [-0.15, -0.1) is 0 Å². The van der Waals surface area contributed by atoms with Crippen molar-refractivity contribution in [1.29, 1.82) is 0 Å². The fourth-order valence-electron chi connectivity index (χ4n) is 3.28. The van der Waals surface area contributed by atoms with Crippen LogP contribution in [0.5, 0.6) is 0 Å². The zero-order valence-corrected chi connectivity index (χ0v) is 17.4. The number of imide groups is 1. The Bertz CT molecular complexity index is 839. The summed E-state index contributed by atoms with van der Waals surface area (Å²) in [5.41, 5.74) is 2.73. The second-order valence-corrected chi connectivity index (χ2v) is 8.05. The van der Waals surface area contributed by atoms with Gasteiger partial charge in [0.1, 0.15) is 6.61 Å². The molecule has 1 N–H and O–H groups in total. The van der Waals surface area contributed by atoms with E-state index >= 15 is 0 Å². The zero-order chi connectivity index (χ0) is 19.6. The maximum Gasteiger partial charge on any atom is 0.416 e. The minimum Gasteiger partial charge on any atom is -0.447 e. The topological polar surface area (TPSA) is 66.8 Å². The quantitative estimate of drug-likeness (QED) is 0.662. The number of halogens is 1. The van der Waals surface area contributed by atoms with Crippen LogP contribution in [0.15, 0.2) is 48.5 Å². The summed E-state index contributed by atoms with van der Waals surface area (Å²) in [5, 5.41) is 10.8. The Morgan fingerprint density at radius 2 is 2.00 bits per heavy atom. The van der Waals surface area contributed by atoms with Crippen molar-refractivity contribution in [1.82, 2.24) is 4.90 Å². The molecule has 142 valence electrons. The molecule has 27 heavy (non-hydrogen) atoms. The molecule has 1 aliphatic rings. The number of hydrogen-bond donors (Lipinski definition) is 1. The van der Waals surface area contributed by atoms with Crippen LogP contribution in [0, 0.1) is 16.4 Å². The summed E-state index contributed by atoms with van der Waals surface area (Å²) in [6, 6.07) is 15.1. The van der Waals surface area contributed by atoms with Crippen LogP contribution in [0.25, 0.3) is 0 Å². The summed E-state index contributed by atoms with van der Waals surface area (Å²) in [6.07, 6.45) is -1.10. The molecular weight excluding hydrogens is 457 g/mol. The Morgan fingerprint density at radius 1 is 1.30 bits per heavy atom. The minimum absolute atomic E-state index is 0.171. The van der Waals surface area contributed by atoms with Gasteiger partial charge in [0.2, 0.25) is 5.91 Å². The molecule has 0 unspecified atom stereocenters. The summed E-state index contributed by atoms with van der Waals surface area (Å²) < 4.78 is 6.02. The molecule has 0 aliphatic carbocycles. The fourth-order valence-corrected chi connectivity index (χ4v) is 3.94. The van der Waals surface area contributed by atoms with E-state index in [-0.39, 0.29) is 12.6 Å². The van der Waals surface area contributed by atoms with Crippen molar-refractivity contribution in [3.63, 3.8) is 0 Å². The molecule has 0 saturated carbocycles. The van der Waals surface area contributed by atoms with Crippen molar-refractivity contribution in [2.24, 2.45) is 5.92 Å². The highest BCUT2D eigenvalue weighted by Gasteiger charge is 2.41. The van der Waals surface area contributed by atoms with Crippen molar-refractivity contribution in [3.8, 4) is 0 Å². The first kappa shape index (κ1) is 19.8. The predicted octanol–water partition coefficient (Wildman–Crippen LogP) is 3.86. The first-order valence-corrected chi connectivity index (χ1v) is 9.94. The molecule has 1 saturated heterocycles. The van der Waals surface area contributed by atoms with Crippen molar-refractivity contribution in [2.45, 2.75) is 32.4 Å². The number of carbonyl (C=O) groups excluding carboxylic acids is 2. The van der Waals surface area contributed by atoms with E-state index in [9.17, 15) is 14.7 Å². The van der Waals surface area contributed by atoms with Gasteiger partial charge in [-0.3, -0.25) is 4.79 Å². The lowest BCUT2D eigenvalue weighted by atomic mass is 9.94. The molecule has 5 nitrogen and oxygen atoms in total. The average Bonchev–Trinajstić information content (AvgIpc) is 3.03. The van der Waals surface area contributed by atoms with Crippen molar-refractivity contribution < 1.29 is 19.4 Å². The number of benzene rings is 2. The normalized spacial score (nSPS) is 18.9. The van der Waals surface area contributed by atoms with Crippen LogP contribution in [-0.2, 0) is 16.0 Å². The molecule has 0 radical (unpaired) electrons. The molecule has 2 aromatic rings. The highest BCUT2D eigenvalue weighted by atomic mass is 127. The summed E-state index contributed by atoms with van der Waals surface area (Å²) >= 11 is 2.14. The summed E-state index contributed by atoms with van der Waals surface area (Å²) in [5.74, 6) is -1.17. The smallest absolute Gasteiger partial charge is 0.416 e. The average molecular weight is 479 g/mol. The third-order valence-electron chi connectivity index (χ3n) is 4.85. The lowest BCUT2D eigenvalue weighted by Crippen LogP contribution is -2.44. The van der Waals surface area contributed by atoms with Crippen LogP contribution in [-0.4, -0.2) is 34.7 Å². The number of cyclic esters (lactones) is 1. The minimum atomic E-state index is -0.991. The molecule has 2 amide bonds. The number of hydrogen-bond acceptors (Lipinski definition) is 4. The van der Waals surface area contributed by atoms with Crippen LogP contribution in [0.2, 0.25) is 0 Å². The van der Waals surface area contributed by atoms with Crippen molar-refractivity contribution in [2.75, 3.05) is 6.61 Å². The van der Waals surface area contributed by atoms with Gasteiger partial charge in [0.25, 0.3) is 0 Å². The van der Waals surface area contributed by atoms with Gasteiger partial charge < -0.3 is 9.84 Å². The van der Waals surface area contributed by atoms with Crippen LogP contribution in [0.1, 0.15) is 29.7 Å². The van der Waals surface area contributed by atoms with E-state index in [0.29, 0.717) is 12.0 Å². The predicted molar refractivity (Wildman–Crippen MR) is 110 cm³/mol. The number of aliphatic hydroxyl groups is 1. The molecule has 1 fully saturated rings. The van der Waals surface area contributed by atoms with Gasteiger partial charge >= 0.3 is 6.09 Å². The highest BCUT2D eigenvalue weighted by Crippen LogP contribution is 2.30. The second kappa shape index (κ2) is 8.39. The van der Waals surface area contributed by atoms with Crippen LogP contribution in [0.3, 0.4) is 0 Å². The number of ether oxygens (including phenoxy) is 1. The molecule has 3 rings (SSSR count). The number of aliphatic hydroxyl groups excluding tert-OH is 1. The Morgan fingerprint density at radius 3 is 2.70 bits per heavy atom. The molecule has 6 heteroatoms. The summed E-state index contributed by atoms with van der Waals surface area (Å²) in [7, 11) is 0. The lowest BCUT2D eigenvalue weighted by Gasteiger charge is -2.26. The van der Waals surface area contributed by atoms with E-state index in [1.165, 1.54) is 4.90 Å². The number of aryl methyl sites for hydroxylation is 1. The number of nitrogens with zero attached hydrogens (tertiary/aromatic N) is 1. The molecule has 0 bridgehead atoms. The number of carbonyl (C=O) groups is 2. The Kier molecular flexibility index (Phi) is 6.16. The van der Waals surface area contributed by atoms with Crippen LogP contribution in [0.4, 0.5) is 4.79 Å². The SMILES string of the molecule is Cc1ccc(I)c([C@H](O)[C@H](C)C(=O)N2C(=O)OC[C@H]2Cc2ccccc2)c1. The largest absolute Gasteiger partial charge is 0.447 e. The third-order valence-corrected chi connectivity index (χ3v) is 5.83. The Hall–Kier alpha value is -1.93. The molecule has 3 atom stereocenters. The molecule has 1 heterocycles. The standard InChI is InChI=1S/C21H22INO4/c1-13-8-9-18(22)17(10-13)19(24)14(2)20(25)23-16(12-27-21(23)26)11-15-6-4-3-5-7-15/h3-10,14,16,19,24H,11-12H2,1-2H3/t14-,16+,19+/m0/s1. The number of amides is 2. The van der Waals surface area contributed by atoms with E-state index < -0.39 is 24.0 Å². The van der Waals surface area contributed by atoms with Gasteiger partial charge in [-0.2, -0.15) is 0 Å². The van der Waals surface area contributed by atoms with Gasteiger partial charge in [-0.05, 0) is 53.1 Å². The first-order chi connectivity index (χ1) is 12.9. The van der Waals surface area contributed by atoms with E-state index in [0.717, 1.165) is 14.7 Å². The summed E-state index contributed by atoms with van der Waals surface area (Å²) in [4.78, 5) is 26.4. The highest BCUT2D eigenvalue weighted by molar-refractivity contribution is 14.1. The molecule has 0 spiro atoms. The van der Waals surface area contributed by atoms with E-state index in [1.807, 2.05) is 55.5 Å². The molecule has 0 aromatic heterocycles. The maximum atomic E-state index is 13.0. The van der Waals surface area contributed by atoms with Crippen LogP contribution < -0.4 is 0 Å². The zero-order valence-electron chi connectivity index (χ0n) is 15.3. The van der Waals surface area contributed by atoms with E-state index in [4.69, 9.17) is 4.74 Å². The Balaban J connectivity index is 1.79. The Labute approximate surface area is 172 Å². The first-order valence-electron chi connectivity index (χ1n) is 8.86. The van der Waals surface area contributed by atoms with Crippen molar-refractivity contribution in [3.05, 3.63) is 68.8 Å².